The molecule has 0 aliphatic carbocycles. The Kier molecular flexibility index (Phi) is 2.97. The Morgan fingerprint density at radius 1 is 1.00 bits per heavy atom. The van der Waals surface area contributed by atoms with E-state index in [1.807, 2.05) is 0 Å². The van der Waals surface area contributed by atoms with Gasteiger partial charge in [0.15, 0.2) is 0 Å². The van der Waals surface area contributed by atoms with E-state index in [-0.39, 0.29) is 5.56 Å². The summed E-state index contributed by atoms with van der Waals surface area (Å²) in [5.74, 6) is 0. The van der Waals surface area contributed by atoms with Crippen LogP contribution in [-0.4, -0.2) is 15.0 Å². The molecule has 0 saturated carbocycles. The number of halogens is 3. The Balaban J connectivity index is 2.12. The molecule has 0 aliphatic heterocycles. The number of nitrogens with zero attached hydrogens (tertiary/aromatic N) is 2. The van der Waals surface area contributed by atoms with Gasteiger partial charge >= 0.3 is 6.18 Å². The SMILES string of the molecule is O=c1ccc2cc(-c3ccnc(C(F)(F)F)c3)cnc2[nH]1. The van der Waals surface area contributed by atoms with E-state index < -0.39 is 11.9 Å². The van der Waals surface area contributed by atoms with Crippen LogP contribution in [0.25, 0.3) is 22.2 Å². The van der Waals surface area contributed by atoms with E-state index in [0.29, 0.717) is 22.2 Å². The topological polar surface area (TPSA) is 58.6 Å². The number of H-pyrrole nitrogens is 1. The molecule has 21 heavy (non-hydrogen) atoms. The van der Waals surface area contributed by atoms with Crippen LogP contribution in [0.15, 0.2) is 47.5 Å². The minimum absolute atomic E-state index is 0.286. The highest BCUT2D eigenvalue weighted by molar-refractivity contribution is 5.80. The van der Waals surface area contributed by atoms with Gasteiger partial charge in [-0.2, -0.15) is 13.2 Å². The molecule has 0 aliphatic rings. The van der Waals surface area contributed by atoms with Crippen molar-refractivity contribution in [3.8, 4) is 11.1 Å². The normalized spacial score (nSPS) is 11.8. The van der Waals surface area contributed by atoms with Crippen molar-refractivity contribution in [2.45, 2.75) is 6.18 Å². The standard InChI is InChI=1S/C14H8F3N3O/c15-14(16,17)11-6-8(3-4-18-11)10-5-9-1-2-12(21)20-13(9)19-7-10/h1-7H,(H,19,20,21). The van der Waals surface area contributed by atoms with Gasteiger partial charge in [0.1, 0.15) is 11.3 Å². The minimum Gasteiger partial charge on any atom is -0.307 e. The van der Waals surface area contributed by atoms with E-state index in [1.165, 1.54) is 18.3 Å². The summed E-state index contributed by atoms with van der Waals surface area (Å²) >= 11 is 0. The first-order valence-corrected chi connectivity index (χ1v) is 5.96. The van der Waals surface area contributed by atoms with Gasteiger partial charge in [-0.3, -0.25) is 9.78 Å². The average molecular weight is 291 g/mol. The third-order valence-electron chi connectivity index (χ3n) is 2.96. The predicted octanol–water partition coefficient (Wildman–Crippen LogP) is 3.00. The van der Waals surface area contributed by atoms with Crippen molar-refractivity contribution in [2.24, 2.45) is 0 Å². The molecule has 0 atom stereocenters. The molecule has 4 nitrogen and oxygen atoms in total. The fraction of sp³-hybridized carbons (Fsp3) is 0.0714. The molecule has 0 fully saturated rings. The number of nitrogens with one attached hydrogen (secondary N) is 1. The Hall–Kier alpha value is -2.70. The quantitative estimate of drug-likeness (QED) is 0.749. The highest BCUT2D eigenvalue weighted by Crippen LogP contribution is 2.30. The molecule has 0 bridgehead atoms. The first kappa shape index (κ1) is 13.3. The van der Waals surface area contributed by atoms with Gasteiger partial charge in [-0.25, -0.2) is 4.98 Å². The van der Waals surface area contributed by atoms with E-state index >= 15 is 0 Å². The van der Waals surface area contributed by atoms with Crippen molar-refractivity contribution in [3.05, 3.63) is 58.8 Å². The largest absolute Gasteiger partial charge is 0.433 e. The number of pyridine rings is 3. The van der Waals surface area contributed by atoms with E-state index in [4.69, 9.17) is 0 Å². The number of aromatic amines is 1. The molecule has 0 radical (unpaired) electrons. The molecule has 0 spiro atoms. The van der Waals surface area contributed by atoms with Gasteiger partial charge in [0, 0.05) is 29.4 Å². The van der Waals surface area contributed by atoms with Crippen LogP contribution in [0.1, 0.15) is 5.69 Å². The number of hydrogen-bond donors (Lipinski definition) is 1. The molecule has 3 aromatic heterocycles. The maximum absolute atomic E-state index is 12.7. The molecule has 106 valence electrons. The molecule has 1 N–H and O–H groups in total. The maximum Gasteiger partial charge on any atom is 0.433 e. The Labute approximate surface area is 116 Å². The van der Waals surface area contributed by atoms with Crippen LogP contribution in [0.3, 0.4) is 0 Å². The van der Waals surface area contributed by atoms with Crippen molar-refractivity contribution in [3.63, 3.8) is 0 Å². The number of fused-ring (bicyclic) bond motifs is 1. The van der Waals surface area contributed by atoms with Crippen molar-refractivity contribution >= 4 is 11.0 Å². The number of rotatable bonds is 1. The van der Waals surface area contributed by atoms with Gasteiger partial charge < -0.3 is 4.98 Å². The van der Waals surface area contributed by atoms with Crippen molar-refractivity contribution in [1.29, 1.82) is 0 Å². The molecular weight excluding hydrogens is 283 g/mol. The van der Waals surface area contributed by atoms with Gasteiger partial charge in [-0.05, 0) is 29.8 Å². The van der Waals surface area contributed by atoms with Crippen LogP contribution in [0.4, 0.5) is 13.2 Å². The second kappa shape index (κ2) is 4.69. The van der Waals surface area contributed by atoms with Crippen LogP contribution < -0.4 is 5.56 Å². The van der Waals surface area contributed by atoms with Crippen molar-refractivity contribution < 1.29 is 13.2 Å². The molecule has 7 heteroatoms. The van der Waals surface area contributed by atoms with Crippen LogP contribution in [0, 0.1) is 0 Å². The summed E-state index contributed by atoms with van der Waals surface area (Å²) in [6.07, 6.45) is -1.98. The lowest BCUT2D eigenvalue weighted by Gasteiger charge is -2.08. The lowest BCUT2D eigenvalue weighted by Crippen LogP contribution is -2.07. The summed E-state index contributed by atoms with van der Waals surface area (Å²) in [7, 11) is 0. The fourth-order valence-electron chi connectivity index (χ4n) is 1.96. The molecule has 0 amide bonds. The first-order chi connectivity index (χ1) is 9.93. The number of alkyl halides is 3. The summed E-state index contributed by atoms with van der Waals surface area (Å²) in [6.45, 7) is 0. The second-order valence-electron chi connectivity index (χ2n) is 4.41. The molecule has 3 rings (SSSR count). The third kappa shape index (κ3) is 2.62. The van der Waals surface area contributed by atoms with Crippen molar-refractivity contribution in [2.75, 3.05) is 0 Å². The zero-order valence-electron chi connectivity index (χ0n) is 10.5. The van der Waals surface area contributed by atoms with Gasteiger partial charge in [-0.15, -0.1) is 0 Å². The maximum atomic E-state index is 12.7. The van der Waals surface area contributed by atoms with Gasteiger partial charge in [0.25, 0.3) is 0 Å². The zero-order chi connectivity index (χ0) is 15.0. The van der Waals surface area contributed by atoms with E-state index in [0.717, 1.165) is 12.3 Å². The molecule has 0 saturated heterocycles. The fourth-order valence-corrected chi connectivity index (χ4v) is 1.96. The van der Waals surface area contributed by atoms with Crippen LogP contribution in [0.5, 0.6) is 0 Å². The summed E-state index contributed by atoms with van der Waals surface area (Å²) in [5, 5.41) is 0.637. The van der Waals surface area contributed by atoms with Crippen LogP contribution in [-0.2, 0) is 6.18 Å². The van der Waals surface area contributed by atoms with E-state index in [2.05, 4.69) is 15.0 Å². The molecule has 0 aromatic carbocycles. The number of aromatic nitrogens is 3. The van der Waals surface area contributed by atoms with Gasteiger partial charge in [0.2, 0.25) is 5.56 Å². The van der Waals surface area contributed by atoms with E-state index in [9.17, 15) is 18.0 Å². The minimum atomic E-state index is -4.49. The Morgan fingerprint density at radius 3 is 2.57 bits per heavy atom. The molecule has 3 heterocycles. The first-order valence-electron chi connectivity index (χ1n) is 5.96. The Morgan fingerprint density at radius 2 is 1.81 bits per heavy atom. The molecule has 3 aromatic rings. The van der Waals surface area contributed by atoms with Crippen LogP contribution in [0.2, 0.25) is 0 Å². The smallest absolute Gasteiger partial charge is 0.307 e. The molecule has 0 unspecified atom stereocenters. The lowest BCUT2D eigenvalue weighted by atomic mass is 10.1. The van der Waals surface area contributed by atoms with Crippen LogP contribution >= 0.6 is 0 Å². The zero-order valence-corrected chi connectivity index (χ0v) is 10.5. The summed E-state index contributed by atoms with van der Waals surface area (Å²) in [4.78, 5) is 21.1. The molecular formula is C14H8F3N3O. The monoisotopic (exact) mass is 291 g/mol. The number of hydrogen-bond acceptors (Lipinski definition) is 3. The summed E-state index contributed by atoms with van der Waals surface area (Å²) < 4.78 is 38.0. The van der Waals surface area contributed by atoms with Gasteiger partial charge in [-0.1, -0.05) is 0 Å². The Bertz CT molecular complexity index is 871. The highest BCUT2D eigenvalue weighted by atomic mass is 19.4. The predicted molar refractivity (Wildman–Crippen MR) is 70.6 cm³/mol. The third-order valence-corrected chi connectivity index (χ3v) is 2.96. The second-order valence-corrected chi connectivity index (χ2v) is 4.41. The lowest BCUT2D eigenvalue weighted by molar-refractivity contribution is -0.141. The van der Waals surface area contributed by atoms with Crippen molar-refractivity contribution in [1.82, 2.24) is 15.0 Å². The van der Waals surface area contributed by atoms with Gasteiger partial charge in [0.05, 0.1) is 0 Å². The summed E-state index contributed by atoms with van der Waals surface area (Å²) in [6, 6.07) is 7.00. The summed E-state index contributed by atoms with van der Waals surface area (Å²) in [5.41, 5.74) is 0.0179. The highest BCUT2D eigenvalue weighted by Gasteiger charge is 2.32. The average Bonchev–Trinajstić information content (AvgIpc) is 2.46. The van der Waals surface area contributed by atoms with E-state index in [1.54, 1.807) is 12.1 Å².